The molecule has 0 saturated heterocycles. The minimum absolute atomic E-state index is 0.0821. The third kappa shape index (κ3) is 3.59. The summed E-state index contributed by atoms with van der Waals surface area (Å²) in [6.45, 7) is -0.437. The van der Waals surface area contributed by atoms with Gasteiger partial charge in [-0.05, 0) is 24.6 Å². The molecule has 0 aromatic heterocycles. The molecular formula is C10H11F4NS. The predicted molar refractivity (Wildman–Crippen MR) is 57.2 cm³/mol. The van der Waals surface area contributed by atoms with Gasteiger partial charge < -0.3 is 5.73 Å². The van der Waals surface area contributed by atoms with Crippen LogP contribution >= 0.6 is 11.8 Å². The van der Waals surface area contributed by atoms with E-state index in [0.29, 0.717) is 17.1 Å². The first-order chi connectivity index (χ1) is 7.45. The van der Waals surface area contributed by atoms with Gasteiger partial charge in [0.15, 0.2) is 0 Å². The van der Waals surface area contributed by atoms with E-state index < -0.39 is 18.4 Å². The van der Waals surface area contributed by atoms with E-state index in [1.165, 1.54) is 17.8 Å². The van der Waals surface area contributed by atoms with Gasteiger partial charge in [0.25, 0.3) is 0 Å². The summed E-state index contributed by atoms with van der Waals surface area (Å²) in [6, 6.07) is 3.20. The predicted octanol–water partition coefficient (Wildman–Crippen LogP) is 3.74. The Balaban J connectivity index is 2.76. The maximum Gasteiger partial charge on any atom is 0.416 e. The minimum atomic E-state index is -4.38. The zero-order valence-electron chi connectivity index (χ0n) is 8.35. The molecule has 0 aliphatic heterocycles. The van der Waals surface area contributed by atoms with Crippen molar-refractivity contribution in [3.8, 4) is 0 Å². The van der Waals surface area contributed by atoms with E-state index in [4.69, 9.17) is 5.73 Å². The van der Waals surface area contributed by atoms with Crippen molar-refractivity contribution in [2.24, 2.45) is 0 Å². The Labute approximate surface area is 95.0 Å². The Morgan fingerprint density at radius 1 is 1.25 bits per heavy atom. The molecule has 1 aromatic rings. The van der Waals surface area contributed by atoms with Gasteiger partial charge in [0.1, 0.15) is 0 Å². The first-order valence-electron chi connectivity index (χ1n) is 4.60. The van der Waals surface area contributed by atoms with Crippen LogP contribution < -0.4 is 5.73 Å². The largest absolute Gasteiger partial charge is 0.416 e. The number of thioether (sulfide) groups is 1. The molecule has 2 N–H and O–H groups in total. The van der Waals surface area contributed by atoms with Gasteiger partial charge in [-0.3, -0.25) is 4.39 Å². The second-order valence-corrected chi connectivity index (χ2v) is 4.28. The summed E-state index contributed by atoms with van der Waals surface area (Å²) in [7, 11) is 0. The average molecular weight is 253 g/mol. The van der Waals surface area contributed by atoms with Gasteiger partial charge in [0.2, 0.25) is 0 Å². The molecule has 1 rings (SSSR count). The third-order valence-corrected chi connectivity index (χ3v) is 3.05. The molecule has 0 heterocycles. The monoisotopic (exact) mass is 253 g/mol. The summed E-state index contributed by atoms with van der Waals surface area (Å²) in [5.41, 5.74) is 4.80. The maximum atomic E-state index is 12.3. The van der Waals surface area contributed by atoms with Crippen LogP contribution in [0.25, 0.3) is 0 Å². The van der Waals surface area contributed by atoms with Crippen LogP contribution in [0, 0.1) is 0 Å². The second kappa shape index (κ2) is 5.43. The van der Waals surface area contributed by atoms with E-state index in [9.17, 15) is 17.6 Å². The molecule has 6 heteroatoms. The smallest absolute Gasteiger partial charge is 0.398 e. The molecule has 0 radical (unpaired) electrons. The van der Waals surface area contributed by atoms with E-state index in [1.54, 1.807) is 0 Å². The Bertz CT molecular complexity index is 351. The van der Waals surface area contributed by atoms with Crippen molar-refractivity contribution < 1.29 is 17.6 Å². The molecule has 0 spiro atoms. The number of rotatable bonds is 4. The topological polar surface area (TPSA) is 26.0 Å². The fourth-order valence-electron chi connectivity index (χ4n) is 1.09. The summed E-state index contributed by atoms with van der Waals surface area (Å²) < 4.78 is 48.7. The first-order valence-corrected chi connectivity index (χ1v) is 5.59. The molecule has 0 fully saturated rings. The lowest BCUT2D eigenvalue weighted by Gasteiger charge is -2.10. The summed E-state index contributed by atoms with van der Waals surface area (Å²) in [4.78, 5) is 0.557. The molecule has 0 amide bonds. The molecule has 0 saturated carbocycles. The average Bonchev–Trinajstić information content (AvgIpc) is 2.19. The van der Waals surface area contributed by atoms with Gasteiger partial charge in [-0.15, -0.1) is 11.8 Å². The highest BCUT2D eigenvalue weighted by Crippen LogP contribution is 2.34. The molecule has 16 heavy (non-hydrogen) atoms. The number of hydrogen-bond acceptors (Lipinski definition) is 2. The van der Waals surface area contributed by atoms with Gasteiger partial charge >= 0.3 is 6.18 Å². The molecule has 1 aromatic carbocycles. The summed E-state index contributed by atoms with van der Waals surface area (Å²) >= 11 is 1.26. The summed E-state index contributed by atoms with van der Waals surface area (Å²) in [5.74, 6) is 0.506. The van der Waals surface area contributed by atoms with E-state index in [1.807, 2.05) is 0 Å². The zero-order chi connectivity index (χ0) is 12.2. The number of hydrogen-bond donors (Lipinski definition) is 1. The van der Waals surface area contributed by atoms with Crippen LogP contribution in [0.2, 0.25) is 0 Å². The highest BCUT2D eigenvalue weighted by atomic mass is 32.2. The highest BCUT2D eigenvalue weighted by Gasteiger charge is 2.30. The van der Waals surface area contributed by atoms with Crippen molar-refractivity contribution in [3.63, 3.8) is 0 Å². The molecule has 0 aliphatic carbocycles. The van der Waals surface area contributed by atoms with Gasteiger partial charge in [-0.1, -0.05) is 0 Å². The van der Waals surface area contributed by atoms with Gasteiger partial charge in [-0.2, -0.15) is 13.2 Å². The van der Waals surface area contributed by atoms with Crippen LogP contribution in [-0.2, 0) is 6.18 Å². The molecule has 0 atom stereocenters. The standard InChI is InChI=1S/C10H11F4NS/c11-4-1-5-16-9-3-2-7(6-8(9)15)10(12,13)14/h2-3,6H,1,4-5,15H2. The fraction of sp³-hybridized carbons (Fsp3) is 0.400. The van der Waals surface area contributed by atoms with Gasteiger partial charge in [-0.25, -0.2) is 0 Å². The molecule has 0 aliphatic rings. The number of nitrogen functional groups attached to an aromatic ring is 1. The van der Waals surface area contributed by atoms with Crippen LogP contribution in [0.3, 0.4) is 0 Å². The lowest BCUT2D eigenvalue weighted by Crippen LogP contribution is -2.05. The van der Waals surface area contributed by atoms with Crippen LogP contribution in [0.5, 0.6) is 0 Å². The van der Waals surface area contributed by atoms with Gasteiger partial charge in [0, 0.05) is 16.3 Å². The second-order valence-electron chi connectivity index (χ2n) is 3.14. The van der Waals surface area contributed by atoms with Crippen molar-refractivity contribution in [2.75, 3.05) is 18.2 Å². The minimum Gasteiger partial charge on any atom is -0.398 e. The maximum absolute atomic E-state index is 12.3. The molecule has 90 valence electrons. The summed E-state index contributed by atoms with van der Waals surface area (Å²) in [6.07, 6.45) is -4.01. The van der Waals surface area contributed by atoms with Crippen molar-refractivity contribution in [1.29, 1.82) is 0 Å². The van der Waals surface area contributed by atoms with Crippen LogP contribution in [0.15, 0.2) is 23.1 Å². The highest BCUT2D eigenvalue weighted by molar-refractivity contribution is 7.99. The van der Waals surface area contributed by atoms with E-state index >= 15 is 0 Å². The SMILES string of the molecule is Nc1cc(C(F)(F)F)ccc1SCCCF. The fourth-order valence-corrected chi connectivity index (χ4v) is 1.96. The van der Waals surface area contributed by atoms with Crippen LogP contribution in [-0.4, -0.2) is 12.4 Å². The lowest BCUT2D eigenvalue weighted by molar-refractivity contribution is -0.137. The Morgan fingerprint density at radius 3 is 2.44 bits per heavy atom. The third-order valence-electron chi connectivity index (χ3n) is 1.87. The van der Waals surface area contributed by atoms with Crippen molar-refractivity contribution >= 4 is 17.4 Å². The van der Waals surface area contributed by atoms with Gasteiger partial charge in [0.05, 0.1) is 12.2 Å². The lowest BCUT2D eigenvalue weighted by atomic mass is 10.2. The molecule has 1 nitrogen and oxygen atoms in total. The number of anilines is 1. The Kier molecular flexibility index (Phi) is 4.46. The van der Waals surface area contributed by atoms with Crippen LogP contribution in [0.1, 0.15) is 12.0 Å². The van der Waals surface area contributed by atoms with E-state index in [0.717, 1.165) is 12.1 Å². The molecule has 0 unspecified atom stereocenters. The first kappa shape index (κ1) is 13.2. The number of benzene rings is 1. The Morgan fingerprint density at radius 2 is 1.94 bits per heavy atom. The van der Waals surface area contributed by atoms with Crippen LogP contribution in [0.4, 0.5) is 23.2 Å². The summed E-state index contributed by atoms with van der Waals surface area (Å²) in [5, 5.41) is 0. The normalized spacial score (nSPS) is 11.8. The zero-order valence-corrected chi connectivity index (χ0v) is 9.17. The molecular weight excluding hydrogens is 242 g/mol. The number of halogens is 4. The van der Waals surface area contributed by atoms with Crippen molar-refractivity contribution in [2.45, 2.75) is 17.5 Å². The number of nitrogens with two attached hydrogens (primary N) is 1. The quantitative estimate of drug-likeness (QED) is 0.383. The number of alkyl halides is 4. The van der Waals surface area contributed by atoms with Crippen molar-refractivity contribution in [3.05, 3.63) is 23.8 Å². The molecule has 0 bridgehead atoms. The Hall–Kier alpha value is -0.910. The van der Waals surface area contributed by atoms with E-state index in [-0.39, 0.29) is 5.69 Å². The van der Waals surface area contributed by atoms with E-state index in [2.05, 4.69) is 0 Å². The van der Waals surface area contributed by atoms with Crippen molar-refractivity contribution in [1.82, 2.24) is 0 Å².